The van der Waals surface area contributed by atoms with Gasteiger partial charge in [0.05, 0.1) is 26.4 Å². The minimum atomic E-state index is -4.96. The molecule has 19 heteroatoms. The van der Waals surface area contributed by atoms with Crippen molar-refractivity contribution in [1.29, 1.82) is 0 Å². The number of rotatable bonds is 78. The number of phosphoric ester groups is 2. The van der Waals surface area contributed by atoms with Crippen molar-refractivity contribution in [2.24, 2.45) is 5.92 Å². The number of unbranched alkanes of at least 4 members (excludes halogenated alkanes) is 50. The number of esters is 4. The fourth-order valence-electron chi connectivity index (χ4n) is 12.1. The quantitative estimate of drug-likeness (QED) is 0.0222. The van der Waals surface area contributed by atoms with E-state index >= 15 is 0 Å². The Morgan fingerprint density at radius 3 is 0.701 bits per heavy atom. The molecule has 2 unspecified atom stereocenters. The largest absolute Gasteiger partial charge is 0.472 e. The first-order valence-electron chi connectivity index (χ1n) is 40.6. The van der Waals surface area contributed by atoms with E-state index in [4.69, 9.17) is 37.0 Å². The monoisotopic (exact) mass is 1420 g/mol. The lowest BCUT2D eigenvalue weighted by Gasteiger charge is -2.21. The van der Waals surface area contributed by atoms with E-state index in [1.165, 1.54) is 238 Å². The molecule has 0 aliphatic rings. The summed E-state index contributed by atoms with van der Waals surface area (Å²) in [6.45, 7) is 7.32. The van der Waals surface area contributed by atoms with Gasteiger partial charge in [-0.1, -0.05) is 362 Å². The Kier molecular flexibility index (Phi) is 69.6. The maximum atomic E-state index is 13.1. The van der Waals surface area contributed by atoms with E-state index in [0.29, 0.717) is 25.7 Å². The molecule has 0 saturated heterocycles. The Hall–Kier alpha value is -1.94. The van der Waals surface area contributed by atoms with Gasteiger partial charge in [0, 0.05) is 25.7 Å². The Labute approximate surface area is 594 Å². The van der Waals surface area contributed by atoms with Gasteiger partial charge in [-0.3, -0.25) is 37.3 Å². The highest BCUT2D eigenvalue weighted by Crippen LogP contribution is 2.45. The number of phosphoric acid groups is 2. The van der Waals surface area contributed by atoms with E-state index in [9.17, 15) is 43.2 Å². The summed E-state index contributed by atoms with van der Waals surface area (Å²) < 4.78 is 68.5. The molecule has 0 aromatic carbocycles. The molecule has 0 heterocycles. The highest BCUT2D eigenvalue weighted by molar-refractivity contribution is 7.47. The molecule has 3 N–H and O–H groups in total. The van der Waals surface area contributed by atoms with Gasteiger partial charge in [0.1, 0.15) is 19.3 Å². The van der Waals surface area contributed by atoms with Crippen LogP contribution >= 0.6 is 15.6 Å². The van der Waals surface area contributed by atoms with Gasteiger partial charge in [0.15, 0.2) is 12.2 Å². The van der Waals surface area contributed by atoms with Crippen LogP contribution in [-0.4, -0.2) is 96.7 Å². The lowest BCUT2D eigenvalue weighted by molar-refractivity contribution is -0.161. The second-order valence-corrected chi connectivity index (χ2v) is 31.5. The molecule has 0 radical (unpaired) electrons. The van der Waals surface area contributed by atoms with Gasteiger partial charge in [0.25, 0.3) is 0 Å². The summed E-state index contributed by atoms with van der Waals surface area (Å²) >= 11 is 0. The first-order valence-corrected chi connectivity index (χ1v) is 43.6. The van der Waals surface area contributed by atoms with Crippen LogP contribution in [0.3, 0.4) is 0 Å². The van der Waals surface area contributed by atoms with Crippen molar-refractivity contribution in [3.05, 3.63) is 0 Å². The van der Waals surface area contributed by atoms with Gasteiger partial charge >= 0.3 is 39.5 Å². The van der Waals surface area contributed by atoms with E-state index in [-0.39, 0.29) is 25.7 Å². The van der Waals surface area contributed by atoms with E-state index in [2.05, 4.69) is 34.6 Å². The molecule has 0 aromatic rings. The maximum Gasteiger partial charge on any atom is 0.472 e. The standard InChI is InChI=1S/C78H152O17P2/c1-6-9-12-15-18-21-23-24-25-31-34-38-42-47-52-57-62-76(81)89-68-74(95-78(83)64-59-54-49-44-39-35-32-29-27-26-28-30-33-37-41-45-50-55-60-71(4)5)70-93-97(86,87)91-66-72(79)65-90-96(84,85)92-69-73(67-88-75(80)61-56-51-46-40-20-17-14-11-8-3)94-77(82)63-58-53-48-43-36-22-19-16-13-10-7-2/h71-74,79H,6-70H2,1-5H3,(H,84,85)(H,86,87)/t72-,73+,74+/m0/s1. The summed E-state index contributed by atoms with van der Waals surface area (Å²) in [6, 6.07) is 0. The molecule has 0 bridgehead atoms. The predicted octanol–water partition coefficient (Wildman–Crippen LogP) is 23.3. The van der Waals surface area contributed by atoms with Crippen LogP contribution in [0.5, 0.6) is 0 Å². The van der Waals surface area contributed by atoms with Crippen LogP contribution < -0.4 is 0 Å². The lowest BCUT2D eigenvalue weighted by atomic mass is 10.0. The van der Waals surface area contributed by atoms with Gasteiger partial charge in [-0.05, 0) is 31.6 Å². The zero-order valence-corrected chi connectivity index (χ0v) is 65.0. The Morgan fingerprint density at radius 2 is 0.474 bits per heavy atom. The molecule has 97 heavy (non-hydrogen) atoms. The molecule has 5 atom stereocenters. The second kappa shape index (κ2) is 71.1. The molecular formula is C78H152O17P2. The molecule has 0 aliphatic heterocycles. The van der Waals surface area contributed by atoms with Crippen molar-refractivity contribution >= 4 is 39.5 Å². The third kappa shape index (κ3) is 72.2. The van der Waals surface area contributed by atoms with E-state index in [1.54, 1.807) is 0 Å². The van der Waals surface area contributed by atoms with Crippen LogP contribution in [0.2, 0.25) is 0 Å². The molecular weight excluding hydrogens is 1270 g/mol. The smallest absolute Gasteiger partial charge is 0.462 e. The number of ether oxygens (including phenoxy) is 4. The lowest BCUT2D eigenvalue weighted by Crippen LogP contribution is -2.30. The minimum absolute atomic E-state index is 0.107. The molecule has 0 amide bonds. The molecule has 0 aliphatic carbocycles. The number of carbonyl (C=O) groups is 4. The van der Waals surface area contributed by atoms with Crippen LogP contribution in [0.1, 0.15) is 413 Å². The summed E-state index contributed by atoms with van der Waals surface area (Å²) in [6.07, 6.45) is 61.1. The van der Waals surface area contributed by atoms with Crippen LogP contribution in [0.15, 0.2) is 0 Å². The second-order valence-electron chi connectivity index (χ2n) is 28.6. The highest BCUT2D eigenvalue weighted by Gasteiger charge is 2.30. The predicted molar refractivity (Wildman–Crippen MR) is 395 cm³/mol. The molecule has 576 valence electrons. The van der Waals surface area contributed by atoms with Gasteiger partial charge < -0.3 is 33.8 Å². The molecule has 0 rings (SSSR count). The van der Waals surface area contributed by atoms with Crippen LogP contribution in [0.25, 0.3) is 0 Å². The van der Waals surface area contributed by atoms with Crippen LogP contribution in [0.4, 0.5) is 0 Å². The van der Waals surface area contributed by atoms with Crippen LogP contribution in [0, 0.1) is 5.92 Å². The number of aliphatic hydroxyl groups is 1. The van der Waals surface area contributed by atoms with Crippen molar-refractivity contribution in [2.45, 2.75) is 432 Å². The Morgan fingerprint density at radius 1 is 0.278 bits per heavy atom. The summed E-state index contributed by atoms with van der Waals surface area (Å²) in [5, 5.41) is 10.6. The van der Waals surface area contributed by atoms with Crippen molar-refractivity contribution in [3.8, 4) is 0 Å². The fraction of sp³-hybridized carbons (Fsp3) is 0.949. The summed E-state index contributed by atoms with van der Waals surface area (Å²) in [7, 11) is -9.91. The van der Waals surface area contributed by atoms with E-state index in [0.717, 1.165) is 95.8 Å². The van der Waals surface area contributed by atoms with Gasteiger partial charge in [-0.15, -0.1) is 0 Å². The van der Waals surface area contributed by atoms with E-state index in [1.807, 2.05) is 0 Å². The molecule has 17 nitrogen and oxygen atoms in total. The molecule has 0 spiro atoms. The Balaban J connectivity index is 5.19. The summed E-state index contributed by atoms with van der Waals surface area (Å²) in [5.74, 6) is -1.29. The number of hydrogen-bond acceptors (Lipinski definition) is 15. The normalized spacial score (nSPS) is 13.9. The topological polar surface area (TPSA) is 237 Å². The van der Waals surface area contributed by atoms with Crippen molar-refractivity contribution in [2.75, 3.05) is 39.6 Å². The first kappa shape index (κ1) is 95.1. The maximum absolute atomic E-state index is 13.1. The van der Waals surface area contributed by atoms with Crippen LogP contribution in [-0.2, 0) is 65.4 Å². The molecule has 0 fully saturated rings. The zero-order valence-electron chi connectivity index (χ0n) is 63.2. The van der Waals surface area contributed by atoms with Gasteiger partial charge in [-0.2, -0.15) is 0 Å². The van der Waals surface area contributed by atoms with Crippen molar-refractivity contribution in [3.63, 3.8) is 0 Å². The average Bonchev–Trinajstić information content (AvgIpc) is 1.73. The first-order chi connectivity index (χ1) is 47.0. The van der Waals surface area contributed by atoms with E-state index < -0.39 is 97.5 Å². The van der Waals surface area contributed by atoms with Gasteiger partial charge in [-0.25, -0.2) is 9.13 Å². The fourth-order valence-corrected chi connectivity index (χ4v) is 13.6. The number of hydrogen-bond donors (Lipinski definition) is 3. The SMILES string of the molecule is CCCCCCCCCCCCCCCCCCC(=O)OC[C@H](COP(=O)(O)OC[C@@H](O)COP(=O)(O)OC[C@@H](COC(=O)CCCCCCCCCCC)OC(=O)CCCCCCCCCCCCC)OC(=O)CCCCCCCCCCCCCCCCCCCCC(C)C. The highest BCUT2D eigenvalue weighted by atomic mass is 31.2. The average molecular weight is 1420 g/mol. The molecule has 0 saturated carbocycles. The summed E-state index contributed by atoms with van der Waals surface area (Å²) in [4.78, 5) is 72.8. The Bertz CT molecular complexity index is 1860. The van der Waals surface area contributed by atoms with Gasteiger partial charge in [0.2, 0.25) is 0 Å². The number of carbonyl (C=O) groups excluding carboxylic acids is 4. The minimum Gasteiger partial charge on any atom is -0.462 e. The molecule has 0 aromatic heterocycles. The third-order valence-electron chi connectivity index (χ3n) is 18.3. The number of aliphatic hydroxyl groups excluding tert-OH is 1. The third-order valence-corrected chi connectivity index (χ3v) is 20.2. The zero-order chi connectivity index (χ0) is 71.2. The van der Waals surface area contributed by atoms with Crippen molar-refractivity contribution in [1.82, 2.24) is 0 Å². The summed E-state index contributed by atoms with van der Waals surface area (Å²) in [5.41, 5.74) is 0. The van der Waals surface area contributed by atoms with Crippen molar-refractivity contribution < 1.29 is 80.2 Å².